The third-order valence-electron chi connectivity index (χ3n) is 5.38. The van der Waals surface area contributed by atoms with Gasteiger partial charge in [-0.15, -0.1) is 11.3 Å². The number of halogens is 1. The van der Waals surface area contributed by atoms with Crippen LogP contribution in [0.2, 0.25) is 5.02 Å². The van der Waals surface area contributed by atoms with Gasteiger partial charge in [0.05, 0.1) is 10.7 Å². The number of hydrogen-bond donors (Lipinski definition) is 3. The minimum atomic E-state index is -0.814. The Hall–Kier alpha value is -2.56. The highest BCUT2D eigenvalue weighted by atomic mass is 35.5. The molecule has 1 aliphatic carbocycles. The van der Waals surface area contributed by atoms with Crippen LogP contribution in [0.1, 0.15) is 46.1 Å². The van der Waals surface area contributed by atoms with Gasteiger partial charge in [0.25, 0.3) is 5.91 Å². The number of carbonyl (C=O) groups is 3. The number of carbonyl (C=O) groups excluding carboxylic acids is 3. The number of fused-ring (bicyclic) bond motifs is 1. The van der Waals surface area contributed by atoms with Gasteiger partial charge in [0.15, 0.2) is 5.01 Å². The predicted molar refractivity (Wildman–Crippen MR) is 117 cm³/mol. The van der Waals surface area contributed by atoms with Crippen molar-refractivity contribution in [2.24, 2.45) is 0 Å². The van der Waals surface area contributed by atoms with Crippen LogP contribution in [0.15, 0.2) is 18.3 Å². The van der Waals surface area contributed by atoms with Crippen LogP contribution in [-0.4, -0.2) is 51.7 Å². The first-order valence-corrected chi connectivity index (χ1v) is 11.3. The Kier molecular flexibility index (Phi) is 6.49. The van der Waals surface area contributed by atoms with E-state index in [0.29, 0.717) is 16.5 Å². The first-order valence-electron chi connectivity index (χ1n) is 10.1. The van der Waals surface area contributed by atoms with E-state index >= 15 is 0 Å². The average molecular weight is 463 g/mol. The first-order chi connectivity index (χ1) is 14.9. The summed E-state index contributed by atoms with van der Waals surface area (Å²) in [4.78, 5) is 49.1. The van der Waals surface area contributed by atoms with Crippen LogP contribution in [0.3, 0.4) is 0 Å². The molecule has 31 heavy (non-hydrogen) atoms. The number of nitrogens with zero attached hydrogens (tertiary/aromatic N) is 3. The van der Waals surface area contributed by atoms with Crippen molar-refractivity contribution in [1.82, 2.24) is 25.5 Å². The fourth-order valence-electron chi connectivity index (χ4n) is 3.85. The van der Waals surface area contributed by atoms with Crippen molar-refractivity contribution in [2.75, 3.05) is 12.4 Å². The minimum absolute atomic E-state index is 0.233. The number of amides is 3. The molecule has 1 fully saturated rings. The molecule has 0 unspecified atom stereocenters. The zero-order chi connectivity index (χ0) is 22.0. The van der Waals surface area contributed by atoms with E-state index in [0.717, 1.165) is 42.9 Å². The monoisotopic (exact) mass is 462 g/mol. The van der Waals surface area contributed by atoms with Crippen molar-refractivity contribution in [3.63, 3.8) is 0 Å². The Bertz CT molecular complexity index is 972. The molecule has 11 heteroatoms. The number of anilines is 1. The zero-order valence-corrected chi connectivity index (χ0v) is 18.6. The highest BCUT2D eigenvalue weighted by Gasteiger charge is 2.31. The zero-order valence-electron chi connectivity index (χ0n) is 17.0. The van der Waals surface area contributed by atoms with Crippen molar-refractivity contribution in [3.8, 4) is 0 Å². The number of hydrogen-bond acceptors (Lipinski definition) is 7. The minimum Gasteiger partial charge on any atom is -0.345 e. The van der Waals surface area contributed by atoms with Crippen LogP contribution >= 0.6 is 22.9 Å². The van der Waals surface area contributed by atoms with Gasteiger partial charge >= 0.3 is 11.8 Å². The largest absolute Gasteiger partial charge is 0.345 e. The van der Waals surface area contributed by atoms with E-state index in [1.54, 1.807) is 6.07 Å². The third-order valence-corrected chi connectivity index (χ3v) is 6.68. The van der Waals surface area contributed by atoms with Crippen molar-refractivity contribution >= 4 is 46.5 Å². The van der Waals surface area contributed by atoms with E-state index < -0.39 is 11.8 Å². The maximum Gasteiger partial charge on any atom is 0.314 e. The van der Waals surface area contributed by atoms with Gasteiger partial charge in [-0.05, 0) is 32.0 Å². The van der Waals surface area contributed by atoms with Gasteiger partial charge in [0.2, 0.25) is 0 Å². The second-order valence-electron chi connectivity index (χ2n) is 7.82. The van der Waals surface area contributed by atoms with Crippen LogP contribution in [0.5, 0.6) is 0 Å². The molecular formula is C20H23ClN6O3S. The summed E-state index contributed by atoms with van der Waals surface area (Å²) in [6, 6.07) is 2.50. The smallest absolute Gasteiger partial charge is 0.314 e. The summed E-state index contributed by atoms with van der Waals surface area (Å²) in [6.45, 7) is 1.55. The summed E-state index contributed by atoms with van der Waals surface area (Å²) < 4.78 is 0. The molecule has 0 spiro atoms. The van der Waals surface area contributed by atoms with Gasteiger partial charge in [0.1, 0.15) is 5.82 Å². The molecule has 4 rings (SSSR count). The summed E-state index contributed by atoms with van der Waals surface area (Å²) in [6.07, 6.45) is 4.65. The summed E-state index contributed by atoms with van der Waals surface area (Å²) in [5.74, 6) is -1.58. The summed E-state index contributed by atoms with van der Waals surface area (Å²) in [5.41, 5.74) is 0.957. The van der Waals surface area contributed by atoms with E-state index in [4.69, 9.17) is 11.6 Å². The van der Waals surface area contributed by atoms with Crippen molar-refractivity contribution in [2.45, 2.75) is 50.9 Å². The fourth-order valence-corrected chi connectivity index (χ4v) is 5.01. The lowest BCUT2D eigenvalue weighted by atomic mass is 9.90. The molecule has 1 aliphatic heterocycles. The molecular weight excluding hydrogens is 440 g/mol. The second-order valence-corrected chi connectivity index (χ2v) is 9.34. The number of nitrogens with one attached hydrogen (secondary N) is 3. The standard InChI is InChI=1S/C20H23ClN6O3S/c1-27-9-14-15(10-27)31-20(25-14)19(30)24-13-5-3-2-4-12(13)23-17(28)18(29)26-16-7-6-11(21)8-22-16/h6-8,12-13H,2-5,9-10H2,1H3,(H,23,28)(H,24,30)(H,22,26,29)/t12-,13+/m0/s1. The maximum absolute atomic E-state index is 12.7. The molecule has 0 radical (unpaired) electrons. The molecule has 3 N–H and O–H groups in total. The quantitative estimate of drug-likeness (QED) is 0.598. The Labute approximate surface area is 188 Å². The second kappa shape index (κ2) is 9.29. The summed E-state index contributed by atoms with van der Waals surface area (Å²) in [7, 11) is 2.02. The Morgan fingerprint density at radius 2 is 1.84 bits per heavy atom. The Morgan fingerprint density at radius 3 is 2.52 bits per heavy atom. The number of aromatic nitrogens is 2. The topological polar surface area (TPSA) is 116 Å². The third kappa shape index (κ3) is 5.20. The van der Waals surface area contributed by atoms with Crippen molar-refractivity contribution < 1.29 is 14.4 Å². The highest BCUT2D eigenvalue weighted by molar-refractivity contribution is 7.13. The van der Waals surface area contributed by atoms with E-state index in [2.05, 4.69) is 30.8 Å². The van der Waals surface area contributed by atoms with Gasteiger partial charge < -0.3 is 16.0 Å². The van der Waals surface area contributed by atoms with Crippen LogP contribution in [0.25, 0.3) is 0 Å². The normalized spacial score (nSPS) is 20.7. The molecule has 0 aromatic carbocycles. The highest BCUT2D eigenvalue weighted by Crippen LogP contribution is 2.27. The first kappa shape index (κ1) is 21.7. The van der Waals surface area contributed by atoms with E-state index in [1.807, 2.05) is 7.05 Å². The lowest BCUT2D eigenvalue weighted by Gasteiger charge is -2.32. The van der Waals surface area contributed by atoms with E-state index in [1.165, 1.54) is 23.6 Å². The van der Waals surface area contributed by atoms with Gasteiger partial charge in [0, 0.05) is 36.2 Å². The molecule has 2 aliphatic rings. The fraction of sp³-hybridized carbons (Fsp3) is 0.450. The number of thiazole rings is 1. The SMILES string of the molecule is CN1Cc2nc(C(=O)N[C@@H]3CCCC[C@@H]3NC(=O)C(=O)Nc3ccc(Cl)cn3)sc2C1. The van der Waals surface area contributed by atoms with Crippen LogP contribution in [0, 0.1) is 0 Å². The number of pyridine rings is 1. The Morgan fingerprint density at radius 1 is 1.10 bits per heavy atom. The molecule has 2 aromatic heterocycles. The summed E-state index contributed by atoms with van der Waals surface area (Å²) in [5, 5.41) is 9.09. The molecule has 2 atom stereocenters. The van der Waals surface area contributed by atoms with Gasteiger partial charge in [-0.2, -0.15) is 0 Å². The molecule has 0 saturated heterocycles. The molecule has 164 valence electrons. The Balaban J connectivity index is 1.35. The maximum atomic E-state index is 12.7. The van der Waals surface area contributed by atoms with Crippen LogP contribution in [0.4, 0.5) is 5.82 Å². The molecule has 2 aromatic rings. The molecule has 3 heterocycles. The van der Waals surface area contributed by atoms with Crippen LogP contribution < -0.4 is 16.0 Å². The molecule has 0 bridgehead atoms. The van der Waals surface area contributed by atoms with Gasteiger partial charge in [-0.1, -0.05) is 24.4 Å². The lowest BCUT2D eigenvalue weighted by molar-refractivity contribution is -0.136. The number of rotatable bonds is 4. The van der Waals surface area contributed by atoms with Gasteiger partial charge in [-0.3, -0.25) is 19.3 Å². The summed E-state index contributed by atoms with van der Waals surface area (Å²) >= 11 is 7.19. The van der Waals surface area contributed by atoms with Crippen molar-refractivity contribution in [1.29, 1.82) is 0 Å². The van der Waals surface area contributed by atoms with Crippen molar-refractivity contribution in [3.05, 3.63) is 38.9 Å². The lowest BCUT2D eigenvalue weighted by Crippen LogP contribution is -2.55. The molecule has 3 amide bonds. The van der Waals surface area contributed by atoms with Crippen LogP contribution in [-0.2, 0) is 22.7 Å². The van der Waals surface area contributed by atoms with Gasteiger partial charge in [-0.25, -0.2) is 9.97 Å². The molecule has 1 saturated carbocycles. The van der Waals surface area contributed by atoms with E-state index in [9.17, 15) is 14.4 Å². The molecule has 9 nitrogen and oxygen atoms in total. The predicted octanol–water partition coefficient (Wildman–Crippen LogP) is 1.93. The average Bonchev–Trinajstić information content (AvgIpc) is 3.28. The van der Waals surface area contributed by atoms with E-state index in [-0.39, 0.29) is 23.8 Å².